The second kappa shape index (κ2) is 4.14. The van der Waals surface area contributed by atoms with Crippen LogP contribution in [0.2, 0.25) is 0 Å². The highest BCUT2D eigenvalue weighted by Gasteiger charge is 2.06. The molecule has 0 aliphatic heterocycles. The number of hydrogen-bond donors (Lipinski definition) is 1. The molecule has 0 amide bonds. The van der Waals surface area contributed by atoms with Crippen molar-refractivity contribution in [1.29, 1.82) is 0 Å². The van der Waals surface area contributed by atoms with E-state index in [2.05, 4.69) is 15.9 Å². The van der Waals surface area contributed by atoms with Crippen molar-refractivity contribution in [2.45, 2.75) is 0 Å². The molecule has 0 aliphatic rings. The summed E-state index contributed by atoms with van der Waals surface area (Å²) in [6, 6.07) is 5.87. The lowest BCUT2D eigenvalue weighted by atomic mass is 10.1. The van der Waals surface area contributed by atoms with Gasteiger partial charge in [-0.3, -0.25) is 0 Å². The van der Waals surface area contributed by atoms with Crippen molar-refractivity contribution in [2.75, 3.05) is 0 Å². The largest absolute Gasteiger partial charge is 0.478 e. The number of carboxylic acid groups (broad SMARTS) is 1. The molecule has 1 heterocycles. The van der Waals surface area contributed by atoms with Crippen molar-refractivity contribution in [3.63, 3.8) is 0 Å². The Labute approximate surface area is 101 Å². The number of nitrogens with zero attached hydrogens (tertiary/aromatic N) is 1. The van der Waals surface area contributed by atoms with Gasteiger partial charge in [-0.2, -0.15) is 0 Å². The molecule has 0 saturated heterocycles. The first-order valence-electron chi connectivity index (χ1n) is 4.74. The minimum Gasteiger partial charge on any atom is -0.478 e. The molecule has 0 bridgehead atoms. The van der Waals surface area contributed by atoms with Crippen LogP contribution in [0.4, 0.5) is 0 Å². The smallest absolute Gasteiger partial charge is 0.328 e. The molecular formula is C12H10BrNO2. The molecule has 0 atom stereocenters. The molecule has 4 heteroatoms. The molecule has 1 aromatic heterocycles. The molecule has 82 valence electrons. The van der Waals surface area contributed by atoms with E-state index >= 15 is 0 Å². The SMILES string of the molecule is Cn1cc(/C=C/C(=O)O)c2cccc(Br)c21. The molecule has 2 aromatic rings. The number of hydrogen-bond acceptors (Lipinski definition) is 1. The Morgan fingerprint density at radius 3 is 2.94 bits per heavy atom. The Hall–Kier alpha value is -1.55. The van der Waals surface area contributed by atoms with Crippen molar-refractivity contribution in [2.24, 2.45) is 7.05 Å². The van der Waals surface area contributed by atoms with Gasteiger partial charge in [0.25, 0.3) is 0 Å². The molecule has 0 saturated carbocycles. The second-order valence-corrected chi connectivity index (χ2v) is 4.36. The second-order valence-electron chi connectivity index (χ2n) is 3.50. The van der Waals surface area contributed by atoms with E-state index in [0.29, 0.717) is 0 Å². The summed E-state index contributed by atoms with van der Waals surface area (Å²) in [5.74, 6) is -0.938. The summed E-state index contributed by atoms with van der Waals surface area (Å²) < 4.78 is 2.98. The highest BCUT2D eigenvalue weighted by molar-refractivity contribution is 9.10. The zero-order valence-electron chi connectivity index (χ0n) is 8.64. The predicted molar refractivity (Wildman–Crippen MR) is 67.3 cm³/mol. The average molecular weight is 280 g/mol. The average Bonchev–Trinajstić information content (AvgIpc) is 2.54. The quantitative estimate of drug-likeness (QED) is 0.859. The molecule has 0 fully saturated rings. The number of halogens is 1. The summed E-state index contributed by atoms with van der Waals surface area (Å²) in [6.45, 7) is 0. The lowest BCUT2D eigenvalue weighted by Crippen LogP contribution is -1.85. The van der Waals surface area contributed by atoms with Gasteiger partial charge in [-0.05, 0) is 28.1 Å². The van der Waals surface area contributed by atoms with Crippen molar-refractivity contribution < 1.29 is 9.90 Å². The van der Waals surface area contributed by atoms with Crippen LogP contribution in [0.1, 0.15) is 5.56 Å². The van der Waals surface area contributed by atoms with Gasteiger partial charge in [0, 0.05) is 34.7 Å². The van der Waals surface area contributed by atoms with E-state index in [-0.39, 0.29) is 0 Å². The van der Waals surface area contributed by atoms with Gasteiger partial charge in [0.1, 0.15) is 0 Å². The third-order valence-electron chi connectivity index (χ3n) is 2.39. The third kappa shape index (κ3) is 1.88. The Morgan fingerprint density at radius 2 is 2.25 bits per heavy atom. The topological polar surface area (TPSA) is 42.2 Å². The first-order chi connectivity index (χ1) is 7.59. The van der Waals surface area contributed by atoms with Crippen LogP contribution in [0.5, 0.6) is 0 Å². The summed E-state index contributed by atoms with van der Waals surface area (Å²) in [6.07, 6.45) is 4.67. The minimum absolute atomic E-state index is 0.904. The maximum Gasteiger partial charge on any atom is 0.328 e. The van der Waals surface area contributed by atoms with Crippen LogP contribution >= 0.6 is 15.9 Å². The molecule has 16 heavy (non-hydrogen) atoms. The molecule has 0 unspecified atom stereocenters. The molecule has 1 N–H and O–H groups in total. The molecule has 0 spiro atoms. The number of benzene rings is 1. The van der Waals surface area contributed by atoms with Crippen LogP contribution in [0.3, 0.4) is 0 Å². The number of aromatic nitrogens is 1. The molecule has 1 aromatic carbocycles. The van der Waals surface area contributed by atoms with Gasteiger partial charge in [0.2, 0.25) is 0 Å². The number of aryl methyl sites for hydroxylation is 1. The van der Waals surface area contributed by atoms with Gasteiger partial charge >= 0.3 is 5.97 Å². The fourth-order valence-corrected chi connectivity index (χ4v) is 2.39. The van der Waals surface area contributed by atoms with Gasteiger partial charge in [0.15, 0.2) is 0 Å². The monoisotopic (exact) mass is 279 g/mol. The normalized spacial score (nSPS) is 11.4. The standard InChI is InChI=1S/C12H10BrNO2/c1-14-7-8(5-6-11(15)16)9-3-2-4-10(13)12(9)14/h2-7H,1H3,(H,15,16)/b6-5+. The van der Waals surface area contributed by atoms with Crippen LogP contribution in [0.25, 0.3) is 17.0 Å². The van der Waals surface area contributed by atoms with Crippen molar-refractivity contribution >= 4 is 38.9 Å². The van der Waals surface area contributed by atoms with Crippen LogP contribution in [0.15, 0.2) is 34.9 Å². The zero-order chi connectivity index (χ0) is 11.7. The first kappa shape index (κ1) is 11.0. The Bertz CT molecular complexity index is 584. The van der Waals surface area contributed by atoms with Crippen molar-refractivity contribution in [1.82, 2.24) is 4.57 Å². The Balaban J connectivity index is 2.64. The number of fused-ring (bicyclic) bond motifs is 1. The maximum absolute atomic E-state index is 10.5. The highest BCUT2D eigenvalue weighted by Crippen LogP contribution is 2.28. The number of para-hydroxylation sites is 1. The van der Waals surface area contributed by atoms with E-state index in [4.69, 9.17) is 5.11 Å². The van der Waals surface area contributed by atoms with Crippen LogP contribution < -0.4 is 0 Å². The third-order valence-corrected chi connectivity index (χ3v) is 3.03. The minimum atomic E-state index is -0.938. The van der Waals surface area contributed by atoms with Gasteiger partial charge in [0.05, 0.1) is 5.52 Å². The summed E-state index contributed by atoms with van der Waals surface area (Å²) in [5.41, 5.74) is 1.97. The van der Waals surface area contributed by atoms with Crippen molar-refractivity contribution in [3.8, 4) is 0 Å². The highest BCUT2D eigenvalue weighted by atomic mass is 79.9. The molecule has 3 nitrogen and oxygen atoms in total. The Morgan fingerprint density at radius 1 is 1.50 bits per heavy atom. The zero-order valence-corrected chi connectivity index (χ0v) is 10.2. The molecule has 0 radical (unpaired) electrons. The van der Waals surface area contributed by atoms with Crippen molar-refractivity contribution in [3.05, 3.63) is 40.5 Å². The van der Waals surface area contributed by atoms with Gasteiger partial charge in [-0.25, -0.2) is 4.79 Å². The number of carbonyl (C=O) groups is 1. The fourth-order valence-electron chi connectivity index (χ4n) is 1.74. The fraction of sp³-hybridized carbons (Fsp3) is 0.0833. The molecular weight excluding hydrogens is 270 g/mol. The Kier molecular flexibility index (Phi) is 2.83. The molecule has 0 aliphatic carbocycles. The van der Waals surface area contributed by atoms with E-state index in [0.717, 1.165) is 27.0 Å². The van der Waals surface area contributed by atoms with Crippen LogP contribution in [0, 0.1) is 0 Å². The number of rotatable bonds is 2. The summed E-state index contributed by atoms with van der Waals surface area (Å²) in [4.78, 5) is 10.5. The number of aliphatic carboxylic acids is 1. The van der Waals surface area contributed by atoms with Gasteiger partial charge in [-0.1, -0.05) is 12.1 Å². The summed E-state index contributed by atoms with van der Waals surface area (Å²) in [7, 11) is 1.94. The predicted octanol–water partition coefficient (Wildman–Crippen LogP) is 3.04. The van der Waals surface area contributed by atoms with E-state index in [9.17, 15) is 4.79 Å². The molecule has 2 rings (SSSR count). The number of carboxylic acids is 1. The summed E-state index contributed by atoms with van der Waals surface area (Å²) >= 11 is 3.48. The van der Waals surface area contributed by atoms with Gasteiger partial charge < -0.3 is 9.67 Å². The van der Waals surface area contributed by atoms with E-state index in [1.165, 1.54) is 0 Å². The van der Waals surface area contributed by atoms with Gasteiger partial charge in [-0.15, -0.1) is 0 Å². The van der Waals surface area contributed by atoms with Crippen LogP contribution in [-0.2, 0) is 11.8 Å². The van der Waals surface area contributed by atoms with E-state index in [1.807, 2.05) is 36.0 Å². The van der Waals surface area contributed by atoms with E-state index in [1.54, 1.807) is 6.08 Å². The lowest BCUT2D eigenvalue weighted by molar-refractivity contribution is -0.131. The first-order valence-corrected chi connectivity index (χ1v) is 5.53. The maximum atomic E-state index is 10.5. The van der Waals surface area contributed by atoms with E-state index < -0.39 is 5.97 Å². The van der Waals surface area contributed by atoms with Crippen LogP contribution in [-0.4, -0.2) is 15.6 Å². The lowest BCUT2D eigenvalue weighted by Gasteiger charge is -1.97. The summed E-state index contributed by atoms with van der Waals surface area (Å²) in [5, 5.41) is 9.64.